The van der Waals surface area contributed by atoms with E-state index in [1.165, 1.54) is 0 Å². The molecule has 0 spiro atoms. The third kappa shape index (κ3) is 4.08. The Morgan fingerprint density at radius 2 is 2.00 bits per heavy atom. The third-order valence-electron chi connectivity index (χ3n) is 2.77. The molecule has 0 saturated heterocycles. The van der Waals surface area contributed by atoms with E-state index in [2.05, 4.69) is 21.2 Å². The first kappa shape index (κ1) is 15.1. The van der Waals surface area contributed by atoms with Crippen molar-refractivity contribution in [2.24, 2.45) is 5.73 Å². The number of amides is 1. The Morgan fingerprint density at radius 3 is 2.44 bits per heavy atom. The second-order valence-electron chi connectivity index (χ2n) is 4.26. The number of aryl methyl sites for hydroxylation is 2. The Labute approximate surface area is 116 Å². The molecular weight excluding hydrogens is 296 g/mol. The first-order valence-corrected chi connectivity index (χ1v) is 6.56. The predicted octanol–water partition coefficient (Wildman–Crippen LogP) is 2.37. The Balaban J connectivity index is 2.76. The van der Waals surface area contributed by atoms with Gasteiger partial charge in [0.2, 0.25) is 5.91 Å². The number of carbonyl (C=O) groups is 1. The number of hydrogen-bond acceptors (Lipinski definition) is 3. The molecule has 0 aromatic heterocycles. The number of nitrogens with one attached hydrogen (secondary N) is 1. The molecule has 0 heterocycles. The van der Waals surface area contributed by atoms with Crippen molar-refractivity contribution in [3.05, 3.63) is 27.7 Å². The third-order valence-corrected chi connectivity index (χ3v) is 3.23. The zero-order valence-electron chi connectivity index (χ0n) is 10.9. The molecule has 5 heteroatoms. The fraction of sp³-hybridized carbons (Fsp3) is 0.462. The molecular formula is C13H19BrN2O2. The molecule has 1 rings (SSSR count). The van der Waals surface area contributed by atoms with Gasteiger partial charge in [-0.15, -0.1) is 0 Å². The Bertz CT molecular complexity index is 408. The maximum absolute atomic E-state index is 11.9. The summed E-state index contributed by atoms with van der Waals surface area (Å²) in [7, 11) is 1.56. The van der Waals surface area contributed by atoms with Crippen LogP contribution >= 0.6 is 15.9 Å². The van der Waals surface area contributed by atoms with Crippen molar-refractivity contribution >= 4 is 27.5 Å². The van der Waals surface area contributed by atoms with Crippen molar-refractivity contribution in [3.63, 3.8) is 0 Å². The molecule has 3 N–H and O–H groups in total. The molecule has 0 bridgehead atoms. The normalized spacial score (nSPS) is 12.3. The van der Waals surface area contributed by atoms with Gasteiger partial charge in [0.25, 0.3) is 0 Å². The van der Waals surface area contributed by atoms with Crippen LogP contribution in [-0.4, -0.2) is 25.7 Å². The average Bonchev–Trinajstić information content (AvgIpc) is 2.30. The lowest BCUT2D eigenvalue weighted by atomic mass is 10.1. The maximum Gasteiger partial charge on any atom is 0.227 e. The van der Waals surface area contributed by atoms with Gasteiger partial charge in [-0.05, 0) is 37.1 Å². The molecule has 0 aliphatic heterocycles. The van der Waals surface area contributed by atoms with Gasteiger partial charge < -0.3 is 15.8 Å². The number of methoxy groups -OCH3 is 1. The summed E-state index contributed by atoms with van der Waals surface area (Å²) in [6.45, 7) is 4.26. The molecule has 0 fully saturated rings. The van der Waals surface area contributed by atoms with Crippen LogP contribution in [0.4, 0.5) is 5.69 Å². The molecule has 0 saturated carbocycles. The summed E-state index contributed by atoms with van der Waals surface area (Å²) in [6.07, 6.45) is 0.0307. The quantitative estimate of drug-likeness (QED) is 0.877. The van der Waals surface area contributed by atoms with E-state index in [0.29, 0.717) is 6.54 Å². The van der Waals surface area contributed by atoms with Crippen molar-refractivity contribution in [2.45, 2.75) is 26.4 Å². The Hall–Kier alpha value is -0.910. The van der Waals surface area contributed by atoms with Crippen molar-refractivity contribution < 1.29 is 9.53 Å². The van der Waals surface area contributed by atoms with Gasteiger partial charge >= 0.3 is 0 Å². The highest BCUT2D eigenvalue weighted by atomic mass is 79.9. The van der Waals surface area contributed by atoms with Crippen molar-refractivity contribution in [3.8, 4) is 0 Å². The van der Waals surface area contributed by atoms with Gasteiger partial charge in [0.15, 0.2) is 0 Å². The number of halogens is 1. The van der Waals surface area contributed by atoms with E-state index in [-0.39, 0.29) is 18.4 Å². The lowest BCUT2D eigenvalue weighted by Gasteiger charge is -2.15. The smallest absolute Gasteiger partial charge is 0.227 e. The lowest BCUT2D eigenvalue weighted by Crippen LogP contribution is -2.28. The topological polar surface area (TPSA) is 64.3 Å². The number of nitrogens with two attached hydrogens (primary N) is 1. The minimum absolute atomic E-state index is 0.0826. The monoisotopic (exact) mass is 314 g/mol. The van der Waals surface area contributed by atoms with E-state index in [9.17, 15) is 4.79 Å². The molecule has 1 aromatic rings. The van der Waals surface area contributed by atoms with Crippen LogP contribution in [0.2, 0.25) is 0 Å². The summed E-state index contributed by atoms with van der Waals surface area (Å²) < 4.78 is 6.10. The van der Waals surface area contributed by atoms with Gasteiger partial charge in [-0.25, -0.2) is 0 Å². The van der Waals surface area contributed by atoms with Gasteiger partial charge in [0.05, 0.1) is 12.5 Å². The second-order valence-corrected chi connectivity index (χ2v) is 5.18. The number of ether oxygens (including phenoxy) is 1. The number of rotatable bonds is 5. The summed E-state index contributed by atoms with van der Waals surface area (Å²) in [5.74, 6) is -0.0826. The number of hydrogen-bond donors (Lipinski definition) is 2. The summed E-state index contributed by atoms with van der Waals surface area (Å²) >= 11 is 3.43. The van der Waals surface area contributed by atoms with Crippen molar-refractivity contribution in [1.29, 1.82) is 0 Å². The zero-order valence-corrected chi connectivity index (χ0v) is 12.5. The summed E-state index contributed by atoms with van der Waals surface area (Å²) in [5, 5.41) is 2.91. The maximum atomic E-state index is 11.9. The molecule has 1 atom stereocenters. The second kappa shape index (κ2) is 6.87. The first-order chi connectivity index (χ1) is 8.47. The van der Waals surface area contributed by atoms with E-state index >= 15 is 0 Å². The van der Waals surface area contributed by atoms with E-state index in [0.717, 1.165) is 21.3 Å². The average molecular weight is 315 g/mol. The number of benzene rings is 1. The van der Waals surface area contributed by atoms with E-state index in [1.54, 1.807) is 7.11 Å². The van der Waals surface area contributed by atoms with Crippen molar-refractivity contribution in [2.75, 3.05) is 19.0 Å². The van der Waals surface area contributed by atoms with Crippen LogP contribution < -0.4 is 11.1 Å². The highest BCUT2D eigenvalue weighted by Crippen LogP contribution is 2.25. The lowest BCUT2D eigenvalue weighted by molar-refractivity contribution is -0.118. The van der Waals surface area contributed by atoms with E-state index < -0.39 is 0 Å². The predicted molar refractivity (Wildman–Crippen MR) is 76.7 cm³/mol. The largest absolute Gasteiger partial charge is 0.380 e. The fourth-order valence-corrected chi connectivity index (χ4v) is 2.45. The minimum atomic E-state index is -0.235. The van der Waals surface area contributed by atoms with Crippen LogP contribution in [0.15, 0.2) is 16.6 Å². The van der Waals surface area contributed by atoms with Gasteiger partial charge in [-0.3, -0.25) is 4.79 Å². The van der Waals surface area contributed by atoms with Crippen LogP contribution in [0, 0.1) is 13.8 Å². The summed E-state index contributed by atoms with van der Waals surface area (Å²) in [4.78, 5) is 11.9. The van der Waals surface area contributed by atoms with Crippen LogP contribution in [-0.2, 0) is 9.53 Å². The van der Waals surface area contributed by atoms with Crippen LogP contribution in [0.5, 0.6) is 0 Å². The zero-order chi connectivity index (χ0) is 13.7. The van der Waals surface area contributed by atoms with Gasteiger partial charge in [0.1, 0.15) is 0 Å². The van der Waals surface area contributed by atoms with Gasteiger partial charge in [-0.1, -0.05) is 15.9 Å². The standard InChI is InChI=1S/C13H19BrN2O2/c1-8-4-10(14)5-9(2)13(8)16-12(17)6-11(7-15)18-3/h4-5,11H,6-7,15H2,1-3H3,(H,16,17). The van der Waals surface area contributed by atoms with Crippen molar-refractivity contribution in [1.82, 2.24) is 0 Å². The van der Waals surface area contributed by atoms with Crippen LogP contribution in [0.1, 0.15) is 17.5 Å². The fourth-order valence-electron chi connectivity index (χ4n) is 1.77. The molecule has 0 radical (unpaired) electrons. The summed E-state index contributed by atoms with van der Waals surface area (Å²) in [5.41, 5.74) is 8.40. The van der Waals surface area contributed by atoms with E-state index in [1.807, 2.05) is 26.0 Å². The molecule has 100 valence electrons. The molecule has 0 aliphatic rings. The molecule has 1 amide bonds. The number of anilines is 1. The molecule has 1 aromatic carbocycles. The van der Waals surface area contributed by atoms with E-state index in [4.69, 9.17) is 10.5 Å². The van der Waals surface area contributed by atoms with Crippen LogP contribution in [0.3, 0.4) is 0 Å². The van der Waals surface area contributed by atoms with Gasteiger partial charge in [-0.2, -0.15) is 0 Å². The van der Waals surface area contributed by atoms with Gasteiger partial charge in [0, 0.05) is 23.8 Å². The molecule has 4 nitrogen and oxygen atoms in total. The first-order valence-electron chi connectivity index (χ1n) is 5.77. The number of carbonyl (C=O) groups excluding carboxylic acids is 1. The Morgan fingerprint density at radius 1 is 1.44 bits per heavy atom. The minimum Gasteiger partial charge on any atom is -0.380 e. The highest BCUT2D eigenvalue weighted by Gasteiger charge is 2.13. The SMILES string of the molecule is COC(CN)CC(=O)Nc1c(C)cc(Br)cc1C. The highest BCUT2D eigenvalue weighted by molar-refractivity contribution is 9.10. The molecule has 1 unspecified atom stereocenters. The molecule has 0 aliphatic carbocycles. The van der Waals surface area contributed by atoms with Crippen LogP contribution in [0.25, 0.3) is 0 Å². The Kier molecular flexibility index (Phi) is 5.78. The molecule has 18 heavy (non-hydrogen) atoms. The summed E-state index contributed by atoms with van der Waals surface area (Å²) in [6, 6.07) is 3.94.